The van der Waals surface area contributed by atoms with E-state index in [1.807, 2.05) is 24.0 Å². The summed E-state index contributed by atoms with van der Waals surface area (Å²) in [7, 11) is 2.01. The van der Waals surface area contributed by atoms with E-state index in [0.717, 1.165) is 12.4 Å². The van der Waals surface area contributed by atoms with Gasteiger partial charge in [-0.05, 0) is 19.4 Å². The zero-order valence-corrected chi connectivity index (χ0v) is 10.6. The first-order valence-corrected chi connectivity index (χ1v) is 5.93. The lowest BCUT2D eigenvalue weighted by atomic mass is 10.1. The maximum atomic E-state index is 4.30. The zero-order chi connectivity index (χ0) is 12.3. The smallest absolute Gasteiger partial charge is 0.122 e. The van der Waals surface area contributed by atoms with Gasteiger partial charge in [-0.2, -0.15) is 0 Å². The van der Waals surface area contributed by atoms with Crippen LogP contribution in [-0.2, 0) is 13.6 Å². The third-order valence-electron chi connectivity index (χ3n) is 3.06. The van der Waals surface area contributed by atoms with Crippen LogP contribution >= 0.6 is 0 Å². The third-order valence-corrected chi connectivity index (χ3v) is 3.06. The fourth-order valence-corrected chi connectivity index (χ4v) is 1.78. The van der Waals surface area contributed by atoms with Crippen molar-refractivity contribution in [3.8, 4) is 0 Å². The number of imidazole rings is 1. The molecular formula is C14H19N3. The first-order chi connectivity index (χ1) is 8.16. The normalized spacial score (nSPS) is 12.6. The van der Waals surface area contributed by atoms with E-state index < -0.39 is 0 Å². The zero-order valence-electron chi connectivity index (χ0n) is 10.6. The first-order valence-electron chi connectivity index (χ1n) is 5.93. The highest BCUT2D eigenvalue weighted by molar-refractivity contribution is 5.23. The summed E-state index contributed by atoms with van der Waals surface area (Å²) < 4.78 is 2.04. The van der Waals surface area contributed by atoms with Crippen molar-refractivity contribution in [2.45, 2.75) is 26.4 Å². The van der Waals surface area contributed by atoms with Gasteiger partial charge in [0.25, 0.3) is 0 Å². The Morgan fingerprint density at radius 2 is 2.00 bits per heavy atom. The van der Waals surface area contributed by atoms with Gasteiger partial charge in [0.05, 0.1) is 6.54 Å². The average Bonchev–Trinajstić information content (AvgIpc) is 2.73. The standard InChI is InChI=1S/C14H19N3/c1-11-4-6-13(7-5-11)12(2)16-10-14-15-8-9-17(14)3/h4-9,12,16H,10H2,1-3H3. The van der Waals surface area contributed by atoms with Crippen LogP contribution in [0.2, 0.25) is 0 Å². The molecule has 0 aliphatic carbocycles. The summed E-state index contributed by atoms with van der Waals surface area (Å²) in [4.78, 5) is 4.30. The second-order valence-electron chi connectivity index (χ2n) is 4.47. The lowest BCUT2D eigenvalue weighted by Gasteiger charge is -2.14. The Kier molecular flexibility index (Phi) is 3.59. The number of rotatable bonds is 4. The van der Waals surface area contributed by atoms with Crippen LogP contribution in [0.3, 0.4) is 0 Å². The largest absolute Gasteiger partial charge is 0.337 e. The van der Waals surface area contributed by atoms with Crippen molar-refractivity contribution in [2.75, 3.05) is 0 Å². The quantitative estimate of drug-likeness (QED) is 0.873. The minimum atomic E-state index is 0.340. The molecule has 90 valence electrons. The third kappa shape index (κ3) is 2.94. The summed E-state index contributed by atoms with van der Waals surface area (Å²) in [6, 6.07) is 8.98. The molecule has 0 saturated heterocycles. The van der Waals surface area contributed by atoms with Gasteiger partial charge < -0.3 is 9.88 Å². The summed E-state index contributed by atoms with van der Waals surface area (Å²) in [5, 5.41) is 3.48. The molecule has 1 heterocycles. The van der Waals surface area contributed by atoms with Crippen LogP contribution in [0.15, 0.2) is 36.7 Å². The Balaban J connectivity index is 1.95. The second kappa shape index (κ2) is 5.15. The average molecular weight is 229 g/mol. The maximum absolute atomic E-state index is 4.30. The highest BCUT2D eigenvalue weighted by atomic mass is 15.1. The molecule has 0 radical (unpaired) electrons. The maximum Gasteiger partial charge on any atom is 0.122 e. The minimum Gasteiger partial charge on any atom is -0.337 e. The second-order valence-corrected chi connectivity index (χ2v) is 4.47. The van der Waals surface area contributed by atoms with Gasteiger partial charge in [0.1, 0.15) is 5.82 Å². The summed E-state index contributed by atoms with van der Waals surface area (Å²) in [6.45, 7) is 5.07. The molecular weight excluding hydrogens is 210 g/mol. The van der Waals surface area contributed by atoms with Crippen molar-refractivity contribution in [2.24, 2.45) is 7.05 Å². The molecule has 0 aliphatic heterocycles. The molecule has 2 aromatic rings. The number of hydrogen-bond donors (Lipinski definition) is 1. The Labute approximate surface area is 103 Å². The highest BCUT2D eigenvalue weighted by Crippen LogP contribution is 2.13. The van der Waals surface area contributed by atoms with Gasteiger partial charge in [-0.25, -0.2) is 4.98 Å². The Bertz CT molecular complexity index is 470. The van der Waals surface area contributed by atoms with Crippen LogP contribution in [0.1, 0.15) is 29.9 Å². The molecule has 1 aromatic carbocycles. The van der Waals surface area contributed by atoms with E-state index in [2.05, 4.69) is 48.4 Å². The van der Waals surface area contributed by atoms with Gasteiger partial charge in [-0.1, -0.05) is 29.8 Å². The molecule has 2 rings (SSSR count). The Hall–Kier alpha value is -1.61. The molecule has 3 nitrogen and oxygen atoms in total. The molecule has 0 fully saturated rings. The lowest BCUT2D eigenvalue weighted by molar-refractivity contribution is 0.549. The number of hydrogen-bond acceptors (Lipinski definition) is 2. The van der Waals surface area contributed by atoms with Crippen molar-refractivity contribution in [3.05, 3.63) is 53.6 Å². The van der Waals surface area contributed by atoms with Crippen molar-refractivity contribution >= 4 is 0 Å². The summed E-state index contributed by atoms with van der Waals surface area (Å²) in [5.41, 5.74) is 2.61. The van der Waals surface area contributed by atoms with E-state index in [1.165, 1.54) is 11.1 Å². The van der Waals surface area contributed by atoms with E-state index in [-0.39, 0.29) is 0 Å². The van der Waals surface area contributed by atoms with Gasteiger partial charge in [0, 0.05) is 25.5 Å². The van der Waals surface area contributed by atoms with Crippen LogP contribution in [-0.4, -0.2) is 9.55 Å². The van der Waals surface area contributed by atoms with Crippen LogP contribution in [0.5, 0.6) is 0 Å². The monoisotopic (exact) mass is 229 g/mol. The van der Waals surface area contributed by atoms with Crippen molar-refractivity contribution in [1.82, 2.24) is 14.9 Å². The number of aryl methyl sites for hydroxylation is 2. The fourth-order valence-electron chi connectivity index (χ4n) is 1.78. The van der Waals surface area contributed by atoms with E-state index in [0.29, 0.717) is 6.04 Å². The highest BCUT2D eigenvalue weighted by Gasteiger charge is 2.06. The molecule has 17 heavy (non-hydrogen) atoms. The van der Waals surface area contributed by atoms with E-state index >= 15 is 0 Å². The summed E-state index contributed by atoms with van der Waals surface area (Å²) in [5.74, 6) is 1.06. The van der Waals surface area contributed by atoms with Crippen LogP contribution < -0.4 is 5.32 Å². The van der Waals surface area contributed by atoms with Crippen molar-refractivity contribution in [1.29, 1.82) is 0 Å². The molecule has 0 spiro atoms. The Morgan fingerprint density at radius 3 is 2.59 bits per heavy atom. The number of benzene rings is 1. The van der Waals surface area contributed by atoms with Crippen LogP contribution in [0, 0.1) is 6.92 Å². The van der Waals surface area contributed by atoms with Gasteiger partial charge >= 0.3 is 0 Å². The van der Waals surface area contributed by atoms with Gasteiger partial charge in [-0.3, -0.25) is 0 Å². The molecule has 1 aromatic heterocycles. The SMILES string of the molecule is Cc1ccc(C(C)NCc2nccn2C)cc1. The minimum absolute atomic E-state index is 0.340. The summed E-state index contributed by atoms with van der Waals surface area (Å²) in [6.07, 6.45) is 3.79. The topological polar surface area (TPSA) is 29.9 Å². The number of nitrogens with one attached hydrogen (secondary N) is 1. The van der Waals surface area contributed by atoms with Crippen LogP contribution in [0.25, 0.3) is 0 Å². The van der Waals surface area contributed by atoms with Crippen molar-refractivity contribution in [3.63, 3.8) is 0 Å². The molecule has 0 amide bonds. The molecule has 0 aliphatic rings. The molecule has 0 bridgehead atoms. The van der Waals surface area contributed by atoms with Gasteiger partial charge in [0.2, 0.25) is 0 Å². The van der Waals surface area contributed by atoms with Crippen molar-refractivity contribution < 1.29 is 0 Å². The predicted octanol–water partition coefficient (Wildman–Crippen LogP) is 2.58. The summed E-state index contributed by atoms with van der Waals surface area (Å²) >= 11 is 0. The first kappa shape index (κ1) is 11.9. The molecule has 1 N–H and O–H groups in total. The van der Waals surface area contributed by atoms with Gasteiger partial charge in [0.15, 0.2) is 0 Å². The Morgan fingerprint density at radius 1 is 1.29 bits per heavy atom. The molecule has 0 saturated carbocycles. The molecule has 3 heteroatoms. The van der Waals surface area contributed by atoms with E-state index in [4.69, 9.17) is 0 Å². The molecule has 1 atom stereocenters. The lowest BCUT2D eigenvalue weighted by Crippen LogP contribution is -2.20. The number of aromatic nitrogens is 2. The van der Waals surface area contributed by atoms with E-state index in [1.54, 1.807) is 0 Å². The van der Waals surface area contributed by atoms with Crippen LogP contribution in [0.4, 0.5) is 0 Å². The molecule has 1 unspecified atom stereocenters. The van der Waals surface area contributed by atoms with Gasteiger partial charge in [-0.15, -0.1) is 0 Å². The van der Waals surface area contributed by atoms with E-state index in [9.17, 15) is 0 Å². The fraction of sp³-hybridized carbons (Fsp3) is 0.357. The predicted molar refractivity (Wildman–Crippen MR) is 69.6 cm³/mol. The number of nitrogens with zero attached hydrogens (tertiary/aromatic N) is 2.